The molecule has 0 aliphatic rings. The van der Waals surface area contributed by atoms with Crippen molar-refractivity contribution >= 4 is 27.3 Å². The highest BCUT2D eigenvalue weighted by molar-refractivity contribution is 7.89. The van der Waals surface area contributed by atoms with Gasteiger partial charge in [0.2, 0.25) is 10.0 Å². The van der Waals surface area contributed by atoms with Crippen LogP contribution >= 0.6 is 11.6 Å². The molecule has 1 atom stereocenters. The molecule has 0 saturated heterocycles. The zero-order chi connectivity index (χ0) is 17.9. The van der Waals surface area contributed by atoms with Crippen LogP contribution in [0.2, 0.25) is 5.02 Å². The van der Waals surface area contributed by atoms with E-state index in [1.165, 1.54) is 12.3 Å². The van der Waals surface area contributed by atoms with Crippen LogP contribution in [0.3, 0.4) is 0 Å². The van der Waals surface area contributed by atoms with Crippen LogP contribution in [0.15, 0.2) is 45.9 Å². The zero-order valence-corrected chi connectivity index (χ0v) is 14.5. The molecule has 1 heterocycles. The van der Waals surface area contributed by atoms with Crippen molar-refractivity contribution in [3.63, 3.8) is 0 Å². The van der Waals surface area contributed by atoms with E-state index in [4.69, 9.17) is 16.0 Å². The molecule has 0 fully saturated rings. The van der Waals surface area contributed by atoms with Crippen LogP contribution in [-0.4, -0.2) is 38.9 Å². The summed E-state index contributed by atoms with van der Waals surface area (Å²) in [5, 5.41) is 10.7. The number of hydrogen-bond donors (Lipinski definition) is 1. The summed E-state index contributed by atoms with van der Waals surface area (Å²) in [4.78, 5) is 11.6. The monoisotopic (exact) mass is 373 g/mol. The minimum atomic E-state index is -4.02. The second kappa shape index (κ2) is 7.31. The smallest absolute Gasteiger partial charge is 0.270 e. The molecule has 0 unspecified atom stereocenters. The molecule has 0 bridgehead atoms. The van der Waals surface area contributed by atoms with E-state index in [1.54, 1.807) is 31.1 Å². The van der Waals surface area contributed by atoms with Gasteiger partial charge in [-0.25, -0.2) is 13.1 Å². The molecule has 1 N–H and O–H groups in total. The Bertz CT molecular complexity index is 821. The van der Waals surface area contributed by atoms with Crippen LogP contribution in [0.25, 0.3) is 0 Å². The summed E-state index contributed by atoms with van der Waals surface area (Å²) in [5.74, 6) is 0.591. The number of nitrogens with zero attached hydrogens (tertiary/aromatic N) is 2. The van der Waals surface area contributed by atoms with Crippen LogP contribution < -0.4 is 4.72 Å². The Morgan fingerprint density at radius 1 is 1.38 bits per heavy atom. The van der Waals surface area contributed by atoms with Gasteiger partial charge in [0.25, 0.3) is 5.69 Å². The second-order valence-electron chi connectivity index (χ2n) is 5.22. The van der Waals surface area contributed by atoms with Gasteiger partial charge >= 0.3 is 0 Å². The Morgan fingerprint density at radius 2 is 2.08 bits per heavy atom. The standard InChI is InChI=1S/C14H16ClN3O5S/c1-17(2)12(13-4-3-7-23-13)9-16-24(21,22)14-8-10(18(19)20)5-6-11(14)15/h3-8,12,16H,9H2,1-2H3/t12-/m0/s1. The maximum Gasteiger partial charge on any atom is 0.270 e. The third kappa shape index (κ3) is 4.12. The molecule has 0 aliphatic heterocycles. The van der Waals surface area contributed by atoms with Gasteiger partial charge < -0.3 is 4.42 Å². The summed E-state index contributed by atoms with van der Waals surface area (Å²) in [6, 6.07) is 6.36. The third-order valence-corrected chi connectivity index (χ3v) is 5.28. The van der Waals surface area contributed by atoms with Crippen LogP contribution in [0, 0.1) is 10.1 Å². The summed E-state index contributed by atoms with van der Waals surface area (Å²) in [6.45, 7) is 0.0157. The molecular weight excluding hydrogens is 358 g/mol. The highest BCUT2D eigenvalue weighted by Crippen LogP contribution is 2.26. The van der Waals surface area contributed by atoms with Gasteiger partial charge in [-0.3, -0.25) is 15.0 Å². The maximum atomic E-state index is 12.5. The first-order valence-corrected chi connectivity index (χ1v) is 8.72. The fourth-order valence-electron chi connectivity index (χ4n) is 2.10. The van der Waals surface area contributed by atoms with Crippen LogP contribution in [0.5, 0.6) is 0 Å². The predicted molar refractivity (Wildman–Crippen MR) is 88.4 cm³/mol. The lowest BCUT2D eigenvalue weighted by atomic mass is 10.2. The van der Waals surface area contributed by atoms with E-state index in [-0.39, 0.29) is 28.2 Å². The van der Waals surface area contributed by atoms with Gasteiger partial charge in [-0.2, -0.15) is 0 Å². The molecule has 2 rings (SSSR count). The first-order chi connectivity index (χ1) is 11.2. The Hall–Kier alpha value is -1.94. The summed E-state index contributed by atoms with van der Waals surface area (Å²) in [7, 11) is -0.462. The van der Waals surface area contributed by atoms with Gasteiger partial charge in [0.15, 0.2) is 0 Å². The van der Waals surface area contributed by atoms with Crippen LogP contribution in [-0.2, 0) is 10.0 Å². The average Bonchev–Trinajstić information content (AvgIpc) is 3.01. The molecule has 1 aromatic carbocycles. The van der Waals surface area contributed by atoms with E-state index in [2.05, 4.69) is 4.72 Å². The molecular formula is C14H16ClN3O5S. The van der Waals surface area contributed by atoms with Gasteiger partial charge in [0, 0.05) is 18.7 Å². The maximum absolute atomic E-state index is 12.5. The van der Waals surface area contributed by atoms with Crippen molar-refractivity contribution in [2.75, 3.05) is 20.6 Å². The summed E-state index contributed by atoms with van der Waals surface area (Å²) < 4.78 is 32.6. The van der Waals surface area contributed by atoms with Crippen molar-refractivity contribution in [1.82, 2.24) is 9.62 Å². The van der Waals surface area contributed by atoms with E-state index in [1.807, 2.05) is 0 Å². The lowest BCUT2D eigenvalue weighted by Crippen LogP contribution is -2.34. The van der Waals surface area contributed by atoms with Gasteiger partial charge in [-0.1, -0.05) is 11.6 Å². The largest absolute Gasteiger partial charge is 0.468 e. The average molecular weight is 374 g/mol. The number of furan rings is 1. The van der Waals surface area contributed by atoms with E-state index in [0.29, 0.717) is 5.76 Å². The molecule has 130 valence electrons. The van der Waals surface area contributed by atoms with Gasteiger partial charge in [-0.15, -0.1) is 0 Å². The highest BCUT2D eigenvalue weighted by Gasteiger charge is 2.24. The van der Waals surface area contributed by atoms with Crippen molar-refractivity contribution in [2.24, 2.45) is 0 Å². The molecule has 2 aromatic rings. The normalized spacial score (nSPS) is 13.2. The number of sulfonamides is 1. The molecule has 0 saturated carbocycles. The number of rotatable bonds is 7. The Labute approximate surface area is 144 Å². The molecule has 10 heteroatoms. The molecule has 0 spiro atoms. The predicted octanol–water partition coefficient (Wildman–Crippen LogP) is 2.42. The minimum absolute atomic E-state index is 0.0157. The fourth-order valence-corrected chi connectivity index (χ4v) is 3.65. The van der Waals surface area contributed by atoms with Gasteiger partial charge in [-0.05, 0) is 32.3 Å². The zero-order valence-electron chi connectivity index (χ0n) is 13.0. The quantitative estimate of drug-likeness (QED) is 0.590. The number of halogens is 1. The van der Waals surface area contributed by atoms with Crippen molar-refractivity contribution in [2.45, 2.75) is 10.9 Å². The van der Waals surface area contributed by atoms with Gasteiger partial charge in [0.05, 0.1) is 22.3 Å². The third-order valence-electron chi connectivity index (χ3n) is 3.38. The molecule has 0 radical (unpaired) electrons. The highest BCUT2D eigenvalue weighted by atomic mass is 35.5. The molecule has 24 heavy (non-hydrogen) atoms. The van der Waals surface area contributed by atoms with Crippen molar-refractivity contribution in [3.8, 4) is 0 Å². The van der Waals surface area contributed by atoms with Crippen molar-refractivity contribution < 1.29 is 17.8 Å². The van der Waals surface area contributed by atoms with Crippen molar-refractivity contribution in [1.29, 1.82) is 0 Å². The molecule has 0 aliphatic carbocycles. The number of benzene rings is 1. The number of nitro benzene ring substituents is 1. The second-order valence-corrected chi connectivity index (χ2v) is 7.36. The molecule has 0 amide bonds. The summed E-state index contributed by atoms with van der Waals surface area (Å²) >= 11 is 5.89. The number of likely N-dealkylation sites (N-methyl/N-ethyl adjacent to an activating group) is 1. The topological polar surface area (TPSA) is 106 Å². The lowest BCUT2D eigenvalue weighted by molar-refractivity contribution is -0.385. The number of nitro groups is 1. The van der Waals surface area contributed by atoms with Crippen LogP contribution in [0.1, 0.15) is 11.8 Å². The molecule has 1 aromatic heterocycles. The van der Waals surface area contributed by atoms with E-state index in [9.17, 15) is 18.5 Å². The Morgan fingerprint density at radius 3 is 2.62 bits per heavy atom. The lowest BCUT2D eigenvalue weighted by Gasteiger charge is -2.22. The first kappa shape index (κ1) is 18.4. The Balaban J connectivity index is 2.25. The number of hydrogen-bond acceptors (Lipinski definition) is 6. The number of non-ortho nitro benzene ring substituents is 1. The van der Waals surface area contributed by atoms with E-state index >= 15 is 0 Å². The Kier molecular flexibility index (Phi) is 5.60. The first-order valence-electron chi connectivity index (χ1n) is 6.86. The minimum Gasteiger partial charge on any atom is -0.468 e. The summed E-state index contributed by atoms with van der Waals surface area (Å²) in [6.07, 6.45) is 1.50. The fraction of sp³-hybridized carbons (Fsp3) is 0.286. The number of nitrogens with one attached hydrogen (secondary N) is 1. The van der Waals surface area contributed by atoms with Gasteiger partial charge in [0.1, 0.15) is 10.7 Å². The molecule has 8 nitrogen and oxygen atoms in total. The van der Waals surface area contributed by atoms with Crippen LogP contribution in [0.4, 0.5) is 5.69 Å². The van der Waals surface area contributed by atoms with E-state index < -0.39 is 14.9 Å². The summed E-state index contributed by atoms with van der Waals surface area (Å²) in [5.41, 5.74) is -0.352. The van der Waals surface area contributed by atoms with E-state index in [0.717, 1.165) is 12.1 Å². The van der Waals surface area contributed by atoms with Crippen molar-refractivity contribution in [3.05, 3.63) is 57.5 Å². The SMILES string of the molecule is CN(C)[C@@H](CNS(=O)(=O)c1cc([N+](=O)[O-])ccc1Cl)c1ccco1.